The highest BCUT2D eigenvalue weighted by atomic mass is 127. The molecule has 90 valence electrons. The van der Waals surface area contributed by atoms with Gasteiger partial charge >= 0.3 is 0 Å². The highest BCUT2D eigenvalue weighted by Crippen LogP contribution is 2.24. The fourth-order valence-corrected chi connectivity index (χ4v) is 3.17. The maximum absolute atomic E-state index is 5.64. The first-order valence-corrected chi connectivity index (χ1v) is 7.40. The van der Waals surface area contributed by atoms with E-state index in [0.717, 1.165) is 6.42 Å². The van der Waals surface area contributed by atoms with Gasteiger partial charge in [-0.15, -0.1) is 11.3 Å². The van der Waals surface area contributed by atoms with Gasteiger partial charge in [-0.3, -0.25) is 11.3 Å². The van der Waals surface area contributed by atoms with Gasteiger partial charge in [0.1, 0.15) is 0 Å². The second kappa shape index (κ2) is 5.95. The zero-order valence-electron chi connectivity index (χ0n) is 9.61. The lowest BCUT2D eigenvalue weighted by Gasteiger charge is -2.14. The third kappa shape index (κ3) is 3.51. The third-order valence-corrected chi connectivity index (χ3v) is 4.56. The molecule has 0 aliphatic heterocycles. The summed E-state index contributed by atoms with van der Waals surface area (Å²) < 4.78 is 1.29. The van der Waals surface area contributed by atoms with E-state index in [9.17, 15) is 0 Å². The summed E-state index contributed by atoms with van der Waals surface area (Å²) in [5, 5.41) is 2.17. The number of hydrogen-bond acceptors (Lipinski definition) is 3. The van der Waals surface area contributed by atoms with Gasteiger partial charge in [0.25, 0.3) is 0 Å². The first-order valence-electron chi connectivity index (χ1n) is 5.44. The molecule has 0 amide bonds. The fourth-order valence-electron chi connectivity index (χ4n) is 1.74. The Hall–Kier alpha value is -0.430. The quantitative estimate of drug-likeness (QED) is 0.499. The molecule has 1 aromatic heterocycles. The molecule has 1 heterocycles. The molecule has 17 heavy (non-hydrogen) atoms. The van der Waals surface area contributed by atoms with Crippen molar-refractivity contribution in [1.82, 2.24) is 5.43 Å². The lowest BCUT2D eigenvalue weighted by Crippen LogP contribution is -2.29. The number of aryl methyl sites for hydroxylation is 1. The van der Waals surface area contributed by atoms with Crippen LogP contribution < -0.4 is 11.3 Å². The Morgan fingerprint density at radius 3 is 2.59 bits per heavy atom. The van der Waals surface area contributed by atoms with E-state index in [1.54, 1.807) is 11.3 Å². The lowest BCUT2D eigenvalue weighted by molar-refractivity contribution is 0.553. The molecule has 1 aromatic carbocycles. The predicted molar refractivity (Wildman–Crippen MR) is 82.0 cm³/mol. The number of benzene rings is 1. The van der Waals surface area contributed by atoms with E-state index in [4.69, 9.17) is 5.84 Å². The molecule has 2 aromatic rings. The summed E-state index contributed by atoms with van der Waals surface area (Å²) in [5.74, 6) is 5.64. The van der Waals surface area contributed by atoms with E-state index in [1.807, 2.05) is 0 Å². The van der Waals surface area contributed by atoms with E-state index in [2.05, 4.69) is 70.7 Å². The standard InChI is InChI=1S/C13H15IN2S/c1-9-2-4-10(5-3-9)6-12(16-15)11-7-13(14)17-8-11/h2-5,7-8,12,16H,6,15H2,1H3. The molecule has 0 spiro atoms. The molecule has 1 atom stereocenters. The highest BCUT2D eigenvalue weighted by molar-refractivity contribution is 14.1. The summed E-state index contributed by atoms with van der Waals surface area (Å²) in [5.41, 5.74) is 6.76. The Bertz CT molecular complexity index is 478. The van der Waals surface area contributed by atoms with Crippen LogP contribution in [-0.2, 0) is 6.42 Å². The Kier molecular flexibility index (Phi) is 4.55. The normalized spacial score (nSPS) is 12.6. The number of hydrogen-bond donors (Lipinski definition) is 2. The summed E-state index contributed by atoms with van der Waals surface area (Å²) in [6, 6.07) is 11.0. The molecule has 0 fully saturated rings. The Morgan fingerprint density at radius 2 is 2.06 bits per heavy atom. The van der Waals surface area contributed by atoms with Crippen molar-refractivity contribution >= 4 is 33.9 Å². The maximum atomic E-state index is 5.64. The predicted octanol–water partition coefficient (Wildman–Crippen LogP) is 3.41. The van der Waals surface area contributed by atoms with Gasteiger partial charge in [0.05, 0.1) is 8.93 Å². The Balaban J connectivity index is 2.12. The van der Waals surface area contributed by atoms with Crippen LogP contribution in [-0.4, -0.2) is 0 Å². The van der Waals surface area contributed by atoms with Crippen LogP contribution in [0, 0.1) is 9.81 Å². The number of halogens is 1. The zero-order valence-corrected chi connectivity index (χ0v) is 12.6. The van der Waals surface area contributed by atoms with Gasteiger partial charge in [-0.1, -0.05) is 29.8 Å². The van der Waals surface area contributed by atoms with Gasteiger partial charge in [0.15, 0.2) is 0 Å². The van der Waals surface area contributed by atoms with Crippen LogP contribution >= 0.6 is 33.9 Å². The Morgan fingerprint density at radius 1 is 1.35 bits per heavy atom. The van der Waals surface area contributed by atoms with Crippen LogP contribution in [0.25, 0.3) is 0 Å². The van der Waals surface area contributed by atoms with Crippen LogP contribution in [0.15, 0.2) is 35.7 Å². The van der Waals surface area contributed by atoms with Crippen LogP contribution in [0.3, 0.4) is 0 Å². The van der Waals surface area contributed by atoms with Crippen LogP contribution in [0.1, 0.15) is 22.7 Å². The summed E-state index contributed by atoms with van der Waals surface area (Å²) in [7, 11) is 0. The second-order valence-electron chi connectivity index (χ2n) is 4.09. The monoisotopic (exact) mass is 358 g/mol. The van der Waals surface area contributed by atoms with Crippen molar-refractivity contribution in [2.75, 3.05) is 0 Å². The number of nitrogens with two attached hydrogens (primary N) is 1. The number of nitrogens with one attached hydrogen (secondary N) is 1. The minimum Gasteiger partial charge on any atom is -0.271 e. The molecular weight excluding hydrogens is 343 g/mol. The van der Waals surface area contributed by atoms with Crippen molar-refractivity contribution in [3.63, 3.8) is 0 Å². The smallest absolute Gasteiger partial charge is 0.0656 e. The molecular formula is C13H15IN2S. The number of thiophene rings is 1. The molecule has 4 heteroatoms. The van der Waals surface area contributed by atoms with Crippen molar-refractivity contribution in [2.24, 2.45) is 5.84 Å². The van der Waals surface area contributed by atoms with Gasteiger partial charge < -0.3 is 0 Å². The molecule has 0 aliphatic carbocycles. The zero-order chi connectivity index (χ0) is 12.3. The fraction of sp³-hybridized carbons (Fsp3) is 0.231. The van der Waals surface area contributed by atoms with E-state index in [0.29, 0.717) is 0 Å². The minimum atomic E-state index is 0.192. The third-order valence-electron chi connectivity index (χ3n) is 2.75. The van der Waals surface area contributed by atoms with E-state index >= 15 is 0 Å². The maximum Gasteiger partial charge on any atom is 0.0656 e. The molecule has 0 saturated heterocycles. The molecule has 0 aliphatic rings. The van der Waals surface area contributed by atoms with Gasteiger partial charge in [-0.05, 0) is 58.5 Å². The topological polar surface area (TPSA) is 38.0 Å². The van der Waals surface area contributed by atoms with E-state index in [-0.39, 0.29) is 6.04 Å². The highest BCUT2D eigenvalue weighted by Gasteiger charge is 2.12. The molecule has 0 radical (unpaired) electrons. The van der Waals surface area contributed by atoms with Crippen LogP contribution in [0.4, 0.5) is 0 Å². The summed E-state index contributed by atoms with van der Waals surface area (Å²) >= 11 is 4.09. The van der Waals surface area contributed by atoms with Gasteiger partial charge in [0, 0.05) is 0 Å². The second-order valence-corrected chi connectivity index (χ2v) is 6.90. The summed E-state index contributed by atoms with van der Waals surface area (Å²) in [6.07, 6.45) is 0.920. The van der Waals surface area contributed by atoms with Crippen molar-refractivity contribution in [3.8, 4) is 0 Å². The lowest BCUT2D eigenvalue weighted by atomic mass is 10.0. The SMILES string of the molecule is Cc1ccc(CC(NN)c2csc(I)c2)cc1. The van der Waals surface area contributed by atoms with E-state index in [1.165, 1.54) is 19.6 Å². The number of hydrazine groups is 1. The van der Waals surface area contributed by atoms with E-state index < -0.39 is 0 Å². The van der Waals surface area contributed by atoms with Gasteiger partial charge in [0.2, 0.25) is 0 Å². The van der Waals surface area contributed by atoms with Crippen LogP contribution in [0.5, 0.6) is 0 Å². The first kappa shape index (κ1) is 13.0. The molecule has 2 rings (SSSR count). The first-order chi connectivity index (χ1) is 8.19. The number of rotatable bonds is 4. The van der Waals surface area contributed by atoms with Crippen molar-refractivity contribution in [2.45, 2.75) is 19.4 Å². The van der Waals surface area contributed by atoms with Crippen molar-refractivity contribution in [3.05, 3.63) is 55.3 Å². The van der Waals surface area contributed by atoms with Crippen molar-refractivity contribution < 1.29 is 0 Å². The molecule has 2 nitrogen and oxygen atoms in total. The average Bonchev–Trinajstić information content (AvgIpc) is 2.75. The minimum absolute atomic E-state index is 0.192. The average molecular weight is 358 g/mol. The van der Waals surface area contributed by atoms with Gasteiger partial charge in [-0.25, -0.2) is 0 Å². The molecule has 0 bridgehead atoms. The Labute approximate surface area is 119 Å². The molecule has 1 unspecified atom stereocenters. The largest absolute Gasteiger partial charge is 0.271 e. The summed E-state index contributed by atoms with van der Waals surface area (Å²) in [6.45, 7) is 2.10. The van der Waals surface area contributed by atoms with Crippen molar-refractivity contribution in [1.29, 1.82) is 0 Å². The summed E-state index contributed by atoms with van der Waals surface area (Å²) in [4.78, 5) is 0. The van der Waals surface area contributed by atoms with Crippen LogP contribution in [0.2, 0.25) is 0 Å². The van der Waals surface area contributed by atoms with Gasteiger partial charge in [-0.2, -0.15) is 0 Å². The molecule has 0 saturated carbocycles. The molecule has 3 N–H and O–H groups in total.